The first-order chi connectivity index (χ1) is 9.49. The standard InChI is InChI=1S/C14H14FN3OS/c1-3-14(2,16)13-17-12(19-18-13)11-6-8-4-5-9(15)7-10(8)20-11/h4-7H,3,16H2,1-2H3. The van der Waals surface area contributed by atoms with Gasteiger partial charge in [0, 0.05) is 4.70 Å². The maximum Gasteiger partial charge on any atom is 0.268 e. The summed E-state index contributed by atoms with van der Waals surface area (Å²) in [5.74, 6) is 0.656. The zero-order chi connectivity index (χ0) is 14.3. The monoisotopic (exact) mass is 291 g/mol. The molecule has 1 atom stereocenters. The Bertz CT molecular complexity index is 763. The molecular formula is C14H14FN3OS. The van der Waals surface area contributed by atoms with Gasteiger partial charge in [-0.3, -0.25) is 0 Å². The van der Waals surface area contributed by atoms with E-state index in [2.05, 4.69) is 10.1 Å². The van der Waals surface area contributed by atoms with E-state index < -0.39 is 5.54 Å². The lowest BCUT2D eigenvalue weighted by Crippen LogP contribution is -2.33. The summed E-state index contributed by atoms with van der Waals surface area (Å²) in [6.45, 7) is 3.83. The van der Waals surface area contributed by atoms with Gasteiger partial charge in [-0.2, -0.15) is 4.98 Å². The van der Waals surface area contributed by atoms with Crippen LogP contribution in [-0.2, 0) is 5.54 Å². The van der Waals surface area contributed by atoms with Crippen LogP contribution in [-0.4, -0.2) is 10.1 Å². The summed E-state index contributed by atoms with van der Waals surface area (Å²) >= 11 is 1.42. The Morgan fingerprint density at radius 2 is 2.20 bits per heavy atom. The number of rotatable bonds is 3. The minimum Gasteiger partial charge on any atom is -0.333 e. The van der Waals surface area contributed by atoms with Crippen molar-refractivity contribution in [2.45, 2.75) is 25.8 Å². The fourth-order valence-electron chi connectivity index (χ4n) is 1.82. The van der Waals surface area contributed by atoms with Gasteiger partial charge in [-0.15, -0.1) is 11.3 Å². The van der Waals surface area contributed by atoms with Crippen LogP contribution in [0, 0.1) is 5.82 Å². The molecule has 0 radical (unpaired) electrons. The van der Waals surface area contributed by atoms with Crippen molar-refractivity contribution in [2.75, 3.05) is 0 Å². The first-order valence-corrected chi connectivity index (χ1v) is 7.14. The molecule has 0 saturated heterocycles. The first-order valence-electron chi connectivity index (χ1n) is 6.32. The van der Waals surface area contributed by atoms with Crippen molar-refractivity contribution < 1.29 is 8.91 Å². The van der Waals surface area contributed by atoms with E-state index in [1.165, 1.54) is 23.5 Å². The SMILES string of the molecule is CCC(C)(N)c1noc(-c2cc3ccc(F)cc3s2)n1. The molecule has 0 spiro atoms. The smallest absolute Gasteiger partial charge is 0.268 e. The number of fused-ring (bicyclic) bond motifs is 1. The Kier molecular flexibility index (Phi) is 3.07. The second-order valence-corrected chi connectivity index (χ2v) is 6.07. The first kappa shape index (κ1) is 13.2. The highest BCUT2D eigenvalue weighted by Gasteiger charge is 2.26. The molecule has 0 aliphatic rings. The van der Waals surface area contributed by atoms with Crippen LogP contribution < -0.4 is 5.73 Å². The number of hydrogen-bond donors (Lipinski definition) is 1. The molecule has 6 heteroatoms. The number of benzene rings is 1. The van der Waals surface area contributed by atoms with Crippen LogP contribution >= 0.6 is 11.3 Å². The van der Waals surface area contributed by atoms with E-state index in [0.717, 1.165) is 15.0 Å². The molecule has 3 rings (SSSR count). The topological polar surface area (TPSA) is 64.9 Å². The second kappa shape index (κ2) is 4.64. The molecule has 0 saturated carbocycles. The van der Waals surface area contributed by atoms with Crippen LogP contribution in [0.2, 0.25) is 0 Å². The van der Waals surface area contributed by atoms with E-state index >= 15 is 0 Å². The van der Waals surface area contributed by atoms with E-state index in [1.807, 2.05) is 19.9 Å². The Hall–Kier alpha value is -1.79. The largest absolute Gasteiger partial charge is 0.333 e. The lowest BCUT2D eigenvalue weighted by atomic mass is 10.0. The lowest BCUT2D eigenvalue weighted by Gasteiger charge is -2.16. The average molecular weight is 291 g/mol. The Labute approximate surface area is 119 Å². The fourth-order valence-corrected chi connectivity index (χ4v) is 2.83. The predicted molar refractivity (Wildman–Crippen MR) is 76.9 cm³/mol. The van der Waals surface area contributed by atoms with Gasteiger partial charge in [-0.1, -0.05) is 18.1 Å². The third kappa shape index (κ3) is 2.21. The number of halogens is 1. The van der Waals surface area contributed by atoms with Crippen LogP contribution in [0.15, 0.2) is 28.8 Å². The van der Waals surface area contributed by atoms with Crippen molar-refractivity contribution in [3.8, 4) is 10.8 Å². The molecule has 0 aliphatic heterocycles. The summed E-state index contributed by atoms with van der Waals surface area (Å²) in [6.07, 6.45) is 0.712. The van der Waals surface area contributed by atoms with Crippen molar-refractivity contribution in [2.24, 2.45) is 5.73 Å². The van der Waals surface area contributed by atoms with Crippen LogP contribution in [0.1, 0.15) is 26.1 Å². The van der Waals surface area contributed by atoms with Gasteiger partial charge in [0.15, 0.2) is 5.82 Å². The highest BCUT2D eigenvalue weighted by Crippen LogP contribution is 2.33. The molecule has 4 nitrogen and oxygen atoms in total. The molecule has 0 bridgehead atoms. The van der Waals surface area contributed by atoms with E-state index in [9.17, 15) is 4.39 Å². The molecule has 20 heavy (non-hydrogen) atoms. The van der Waals surface area contributed by atoms with Crippen LogP contribution in [0.25, 0.3) is 20.9 Å². The maximum absolute atomic E-state index is 13.2. The van der Waals surface area contributed by atoms with Crippen molar-refractivity contribution in [1.29, 1.82) is 0 Å². The van der Waals surface area contributed by atoms with Crippen LogP contribution in [0.4, 0.5) is 4.39 Å². The summed E-state index contributed by atoms with van der Waals surface area (Å²) < 4.78 is 19.3. The third-order valence-corrected chi connectivity index (χ3v) is 4.45. The van der Waals surface area contributed by atoms with E-state index in [0.29, 0.717) is 18.1 Å². The van der Waals surface area contributed by atoms with Crippen LogP contribution in [0.3, 0.4) is 0 Å². The molecule has 0 aliphatic carbocycles. The highest BCUT2D eigenvalue weighted by atomic mass is 32.1. The molecular weight excluding hydrogens is 277 g/mol. The molecule has 0 amide bonds. The van der Waals surface area contributed by atoms with Gasteiger partial charge in [0.1, 0.15) is 5.82 Å². The quantitative estimate of drug-likeness (QED) is 0.799. The zero-order valence-electron chi connectivity index (χ0n) is 11.2. The minimum absolute atomic E-state index is 0.252. The predicted octanol–water partition coefficient (Wildman–Crippen LogP) is 3.67. The van der Waals surface area contributed by atoms with Gasteiger partial charge < -0.3 is 10.3 Å². The minimum atomic E-state index is -0.607. The molecule has 2 aromatic heterocycles. The molecule has 3 aromatic rings. The molecule has 1 aromatic carbocycles. The highest BCUT2D eigenvalue weighted by molar-refractivity contribution is 7.22. The second-order valence-electron chi connectivity index (χ2n) is 4.99. The Morgan fingerprint density at radius 1 is 1.40 bits per heavy atom. The van der Waals surface area contributed by atoms with Gasteiger partial charge in [-0.25, -0.2) is 4.39 Å². The number of nitrogens with zero attached hydrogens (tertiary/aromatic N) is 2. The van der Waals surface area contributed by atoms with E-state index in [-0.39, 0.29) is 5.82 Å². The normalized spacial score (nSPS) is 14.6. The summed E-state index contributed by atoms with van der Waals surface area (Å²) in [6, 6.07) is 6.59. The van der Waals surface area contributed by atoms with Gasteiger partial charge in [0.25, 0.3) is 5.89 Å². The van der Waals surface area contributed by atoms with Crippen molar-refractivity contribution >= 4 is 21.4 Å². The number of aromatic nitrogens is 2. The molecule has 2 heterocycles. The fraction of sp³-hybridized carbons (Fsp3) is 0.286. The summed E-state index contributed by atoms with van der Waals surface area (Å²) in [7, 11) is 0. The number of nitrogens with two attached hydrogens (primary N) is 1. The van der Waals surface area contributed by atoms with Gasteiger partial charge in [0.05, 0.1) is 10.4 Å². The van der Waals surface area contributed by atoms with Gasteiger partial charge in [-0.05, 0) is 36.9 Å². The Morgan fingerprint density at radius 3 is 2.95 bits per heavy atom. The average Bonchev–Trinajstić information content (AvgIpc) is 3.04. The molecule has 0 fully saturated rings. The molecule has 2 N–H and O–H groups in total. The van der Waals surface area contributed by atoms with E-state index in [1.54, 1.807) is 6.07 Å². The summed E-state index contributed by atoms with van der Waals surface area (Å²) in [4.78, 5) is 5.17. The van der Waals surface area contributed by atoms with Crippen molar-refractivity contribution in [3.05, 3.63) is 35.9 Å². The van der Waals surface area contributed by atoms with Crippen molar-refractivity contribution in [1.82, 2.24) is 10.1 Å². The van der Waals surface area contributed by atoms with Gasteiger partial charge >= 0.3 is 0 Å². The Balaban J connectivity index is 2.03. The number of hydrogen-bond acceptors (Lipinski definition) is 5. The van der Waals surface area contributed by atoms with E-state index in [4.69, 9.17) is 10.3 Å². The number of thiophene rings is 1. The molecule has 1 unspecified atom stereocenters. The summed E-state index contributed by atoms with van der Waals surface area (Å²) in [5, 5.41) is 4.90. The zero-order valence-corrected chi connectivity index (χ0v) is 12.0. The lowest BCUT2D eigenvalue weighted by molar-refractivity contribution is 0.379. The summed E-state index contributed by atoms with van der Waals surface area (Å²) in [5.41, 5.74) is 5.49. The molecule has 104 valence electrons. The van der Waals surface area contributed by atoms with Gasteiger partial charge in [0.2, 0.25) is 0 Å². The van der Waals surface area contributed by atoms with Crippen molar-refractivity contribution in [3.63, 3.8) is 0 Å². The third-order valence-electron chi connectivity index (χ3n) is 3.36. The maximum atomic E-state index is 13.2. The van der Waals surface area contributed by atoms with Crippen LogP contribution in [0.5, 0.6) is 0 Å².